The van der Waals surface area contributed by atoms with E-state index < -0.39 is 5.97 Å². The molecule has 0 aliphatic rings. The summed E-state index contributed by atoms with van der Waals surface area (Å²) >= 11 is 0. The minimum Gasteiger partial charge on any atom is -0.478 e. The van der Waals surface area contributed by atoms with Crippen LogP contribution in [0.1, 0.15) is 142 Å². The van der Waals surface area contributed by atoms with E-state index in [1.54, 1.807) is 0 Å². The van der Waals surface area contributed by atoms with E-state index in [1.165, 1.54) is 141 Å². The van der Waals surface area contributed by atoms with Crippen LogP contribution in [-0.2, 0) is 14.3 Å². The molecule has 0 aromatic heterocycles. The fourth-order valence-corrected chi connectivity index (χ4v) is 3.57. The molecule has 0 aromatic carbocycles. The van der Waals surface area contributed by atoms with Crippen LogP contribution >= 0.6 is 0 Å². The fourth-order valence-electron chi connectivity index (χ4n) is 3.57. The minimum atomic E-state index is -0.935. The van der Waals surface area contributed by atoms with Crippen LogP contribution < -0.4 is 0 Å². The van der Waals surface area contributed by atoms with E-state index in [0.717, 1.165) is 6.42 Å². The lowest BCUT2D eigenvalue weighted by atomic mass is 10.0. The second-order valence-electron chi connectivity index (χ2n) is 9.25. The van der Waals surface area contributed by atoms with Gasteiger partial charge in [-0.15, -0.1) is 0 Å². The van der Waals surface area contributed by atoms with Gasteiger partial charge in [-0.2, -0.15) is 0 Å². The Hall–Kier alpha value is -1.84. The van der Waals surface area contributed by atoms with Crippen molar-refractivity contribution in [1.82, 2.24) is 0 Å². The topological polar surface area (TPSA) is 63.6 Å². The first-order chi connectivity index (χ1) is 16.5. The Morgan fingerprint density at radius 3 is 1.32 bits per heavy atom. The van der Waals surface area contributed by atoms with Gasteiger partial charge in [-0.25, -0.2) is 9.59 Å². The predicted octanol–water partition coefficient (Wildman–Crippen LogP) is 9.70. The summed E-state index contributed by atoms with van der Waals surface area (Å²) < 4.78 is 4.79. The number of carboxylic acids is 1. The zero-order chi connectivity index (χ0) is 25.7. The van der Waals surface area contributed by atoms with Crippen molar-refractivity contribution in [3.8, 4) is 0 Å². The standard InChI is InChI=1S/C26H48O2.C4H6O2/c1-3-5-6-7-8-9-10-11-12-13-14-15-16-17-18-19-20-21-22-23-24-25-28-26(27)4-2;1-3(2)4(5)6/h4,24-25H,2-3,5-23H2,1H3;1H2,2H3,(H,5,6). The van der Waals surface area contributed by atoms with Gasteiger partial charge in [-0.1, -0.05) is 136 Å². The molecule has 0 radical (unpaired) electrons. The van der Waals surface area contributed by atoms with Crippen molar-refractivity contribution < 1.29 is 19.4 Å². The van der Waals surface area contributed by atoms with Crippen molar-refractivity contribution in [2.45, 2.75) is 142 Å². The molecule has 0 aliphatic carbocycles. The molecule has 0 bridgehead atoms. The smallest absolute Gasteiger partial charge is 0.334 e. The second kappa shape index (κ2) is 29.2. The normalized spacial score (nSPS) is 10.5. The zero-order valence-corrected chi connectivity index (χ0v) is 22.5. The fraction of sp³-hybridized carbons (Fsp3) is 0.733. The number of aliphatic carboxylic acids is 1. The van der Waals surface area contributed by atoms with Gasteiger partial charge in [0.1, 0.15) is 0 Å². The number of carbonyl (C=O) groups excluding carboxylic acids is 1. The molecule has 34 heavy (non-hydrogen) atoms. The van der Waals surface area contributed by atoms with Crippen LogP contribution in [0, 0.1) is 0 Å². The summed E-state index contributed by atoms with van der Waals surface area (Å²) in [4.78, 5) is 20.4. The number of ether oxygens (including phenoxy) is 1. The van der Waals surface area contributed by atoms with Crippen LogP contribution in [0.5, 0.6) is 0 Å². The Morgan fingerprint density at radius 1 is 0.706 bits per heavy atom. The minimum absolute atomic E-state index is 0.176. The molecule has 198 valence electrons. The quantitative estimate of drug-likeness (QED) is 0.0687. The first-order valence-electron chi connectivity index (χ1n) is 13.8. The van der Waals surface area contributed by atoms with Gasteiger partial charge < -0.3 is 9.84 Å². The Bertz CT molecular complexity index is 510. The van der Waals surface area contributed by atoms with Gasteiger partial charge in [-0.3, -0.25) is 0 Å². The van der Waals surface area contributed by atoms with Gasteiger partial charge in [0.15, 0.2) is 0 Å². The summed E-state index contributed by atoms with van der Waals surface area (Å²) in [5, 5.41) is 7.89. The number of esters is 1. The van der Waals surface area contributed by atoms with Crippen LogP contribution in [0.25, 0.3) is 0 Å². The van der Waals surface area contributed by atoms with Crippen LogP contribution in [0.4, 0.5) is 0 Å². The van der Waals surface area contributed by atoms with E-state index in [1.807, 2.05) is 6.08 Å². The monoisotopic (exact) mass is 478 g/mol. The number of rotatable bonds is 23. The van der Waals surface area contributed by atoms with Gasteiger partial charge >= 0.3 is 11.9 Å². The molecule has 0 atom stereocenters. The van der Waals surface area contributed by atoms with E-state index in [4.69, 9.17) is 9.84 Å². The Labute approximate surface area is 210 Å². The summed E-state index contributed by atoms with van der Waals surface area (Å²) in [7, 11) is 0. The second-order valence-corrected chi connectivity index (χ2v) is 9.25. The number of carbonyl (C=O) groups is 2. The summed E-state index contributed by atoms with van der Waals surface area (Å²) in [6, 6.07) is 0. The highest BCUT2D eigenvalue weighted by Gasteiger charge is 1.95. The van der Waals surface area contributed by atoms with Crippen molar-refractivity contribution >= 4 is 11.9 Å². The lowest BCUT2D eigenvalue weighted by Crippen LogP contribution is -1.92. The van der Waals surface area contributed by atoms with E-state index in [2.05, 4.69) is 20.1 Å². The molecule has 0 aliphatic heterocycles. The summed E-state index contributed by atoms with van der Waals surface area (Å²) in [5.74, 6) is -1.32. The largest absolute Gasteiger partial charge is 0.478 e. The highest BCUT2D eigenvalue weighted by molar-refractivity contribution is 5.84. The van der Waals surface area contributed by atoms with Crippen LogP contribution in [0.2, 0.25) is 0 Å². The maximum atomic E-state index is 10.8. The SMILES string of the molecule is C=C(C)C(=O)O.C=CC(=O)OC=CCCCCCCCCCCCCCCCCCCCCC. The van der Waals surface area contributed by atoms with E-state index in [-0.39, 0.29) is 11.5 Å². The van der Waals surface area contributed by atoms with Crippen molar-refractivity contribution in [1.29, 1.82) is 0 Å². The van der Waals surface area contributed by atoms with Crippen molar-refractivity contribution in [3.63, 3.8) is 0 Å². The predicted molar refractivity (Wildman–Crippen MR) is 146 cm³/mol. The van der Waals surface area contributed by atoms with Crippen LogP contribution in [0.3, 0.4) is 0 Å². The summed E-state index contributed by atoms with van der Waals surface area (Å²) in [6.45, 7) is 10.2. The highest BCUT2D eigenvalue weighted by Crippen LogP contribution is 2.14. The average molecular weight is 479 g/mol. The number of carboxylic acid groups (broad SMARTS) is 1. The number of allylic oxidation sites excluding steroid dienone is 1. The molecule has 0 fully saturated rings. The molecule has 0 saturated carbocycles. The van der Waals surface area contributed by atoms with Gasteiger partial charge in [-0.05, 0) is 25.8 Å². The van der Waals surface area contributed by atoms with Crippen molar-refractivity contribution in [3.05, 3.63) is 37.1 Å². The van der Waals surface area contributed by atoms with Gasteiger partial charge in [0.05, 0.1) is 6.26 Å². The molecule has 0 saturated heterocycles. The molecule has 4 nitrogen and oxygen atoms in total. The third-order valence-electron chi connectivity index (χ3n) is 5.79. The first-order valence-corrected chi connectivity index (χ1v) is 13.8. The van der Waals surface area contributed by atoms with Gasteiger partial charge in [0, 0.05) is 11.6 Å². The third-order valence-corrected chi connectivity index (χ3v) is 5.79. The number of hydrogen-bond donors (Lipinski definition) is 1. The Morgan fingerprint density at radius 2 is 1.03 bits per heavy atom. The van der Waals surface area contributed by atoms with Gasteiger partial charge in [0.25, 0.3) is 0 Å². The number of hydrogen-bond acceptors (Lipinski definition) is 3. The van der Waals surface area contributed by atoms with Gasteiger partial charge in [0.2, 0.25) is 0 Å². The Kier molecular flexibility index (Phi) is 29.5. The molecule has 0 aromatic rings. The third kappa shape index (κ3) is 32.3. The molecule has 0 rings (SSSR count). The maximum Gasteiger partial charge on any atom is 0.334 e. The molecule has 0 unspecified atom stereocenters. The molecule has 4 heteroatoms. The number of unbranched alkanes of at least 4 members (excludes halogenated alkanes) is 19. The Balaban J connectivity index is 0. The average Bonchev–Trinajstić information content (AvgIpc) is 2.82. The van der Waals surface area contributed by atoms with Crippen molar-refractivity contribution in [2.75, 3.05) is 0 Å². The molecule has 0 amide bonds. The van der Waals surface area contributed by atoms with Crippen LogP contribution in [-0.4, -0.2) is 17.0 Å². The van der Waals surface area contributed by atoms with Crippen LogP contribution in [0.15, 0.2) is 37.1 Å². The molecular formula is C30H54O4. The van der Waals surface area contributed by atoms with E-state index in [9.17, 15) is 9.59 Å². The van der Waals surface area contributed by atoms with Crippen molar-refractivity contribution in [2.24, 2.45) is 0 Å². The summed E-state index contributed by atoms with van der Waals surface area (Å²) in [5.41, 5.74) is 0.176. The van der Waals surface area contributed by atoms with E-state index in [0.29, 0.717) is 0 Å². The lowest BCUT2D eigenvalue weighted by molar-refractivity contribution is -0.133. The first kappa shape index (κ1) is 34.3. The molecular weight excluding hydrogens is 424 g/mol. The summed E-state index contributed by atoms with van der Waals surface area (Å²) in [6.07, 6.45) is 32.3. The molecule has 0 spiro atoms. The maximum absolute atomic E-state index is 10.8. The highest BCUT2D eigenvalue weighted by atomic mass is 16.5. The zero-order valence-electron chi connectivity index (χ0n) is 22.5. The lowest BCUT2D eigenvalue weighted by Gasteiger charge is -2.03. The molecule has 0 heterocycles. The van der Waals surface area contributed by atoms with E-state index >= 15 is 0 Å². The molecule has 1 N–H and O–H groups in total.